The Labute approximate surface area is 57.3 Å². The van der Waals surface area contributed by atoms with Gasteiger partial charge in [-0.1, -0.05) is 6.07 Å². The van der Waals surface area contributed by atoms with Crippen molar-refractivity contribution in [2.75, 3.05) is 0 Å². The number of rotatable bonds is 1. The Morgan fingerprint density at radius 1 is 1.44 bits per heavy atom. The van der Waals surface area contributed by atoms with Crippen LogP contribution in [0, 0.1) is 0 Å². The molecule has 0 aliphatic heterocycles. The fourth-order valence-electron chi connectivity index (χ4n) is 0.925. The van der Waals surface area contributed by atoms with E-state index < -0.39 is 0 Å². The predicted octanol–water partition coefficient (Wildman–Crippen LogP) is 2.05. The van der Waals surface area contributed by atoms with Crippen LogP contribution in [0.25, 0.3) is 11.1 Å². The average Bonchev–Trinajstić information content (AvgIpc) is 2.43. The van der Waals surface area contributed by atoms with E-state index in [0.717, 1.165) is 11.1 Å². The monoisotopic (exact) mass is 138 g/mol. The molecule has 1 nitrogen and oxygen atoms in total. The summed E-state index contributed by atoms with van der Waals surface area (Å²) in [7, 11) is 0. The molecule has 0 saturated heterocycles. The highest BCUT2D eigenvalue weighted by Crippen LogP contribution is 2.38. The lowest BCUT2D eigenvalue weighted by molar-refractivity contribution is 0.108. The summed E-state index contributed by atoms with van der Waals surface area (Å²) in [6.45, 7) is 0. The van der Waals surface area contributed by atoms with Gasteiger partial charge in [0, 0.05) is 5.56 Å². The lowest BCUT2D eigenvalue weighted by atomic mass is 10.3. The fourth-order valence-corrected chi connectivity index (χ4v) is 1.09. The number of halogens is 1. The lowest BCUT2D eigenvalue weighted by Crippen LogP contribution is -1.81. The van der Waals surface area contributed by atoms with Crippen LogP contribution < -0.4 is 0 Å². The highest BCUT2D eigenvalue weighted by atomic mass is 35.5. The molecule has 0 unspecified atom stereocenters. The van der Waals surface area contributed by atoms with Crippen molar-refractivity contribution < 1.29 is 4.79 Å². The molecule has 9 heavy (non-hydrogen) atoms. The normalized spacial score (nSPS) is 11.2. The van der Waals surface area contributed by atoms with Gasteiger partial charge in [-0.05, 0) is 34.9 Å². The molecule has 2 aliphatic carbocycles. The first-order valence-corrected chi connectivity index (χ1v) is 3.01. The zero-order valence-electron chi connectivity index (χ0n) is 4.52. The van der Waals surface area contributed by atoms with Crippen molar-refractivity contribution >= 4 is 16.8 Å². The minimum atomic E-state index is -0.356. The minimum absolute atomic E-state index is 0.356. The molecule has 0 aromatic heterocycles. The maximum atomic E-state index is 10.5. The topological polar surface area (TPSA) is 17.1 Å². The summed E-state index contributed by atoms with van der Waals surface area (Å²) >= 11 is 5.22. The van der Waals surface area contributed by atoms with Crippen LogP contribution in [-0.4, -0.2) is 5.24 Å². The van der Waals surface area contributed by atoms with E-state index in [-0.39, 0.29) is 5.24 Å². The zero-order chi connectivity index (χ0) is 6.43. The van der Waals surface area contributed by atoms with Gasteiger partial charge in [0.15, 0.2) is 0 Å². The van der Waals surface area contributed by atoms with Gasteiger partial charge in [0.2, 0.25) is 0 Å². The Kier molecular flexibility index (Phi) is 0.758. The third kappa shape index (κ3) is 0.583. The quantitative estimate of drug-likeness (QED) is 0.552. The van der Waals surface area contributed by atoms with Crippen molar-refractivity contribution in [2.45, 2.75) is 0 Å². The second kappa shape index (κ2) is 1.36. The number of fused-ring (bicyclic) bond motifs is 1. The Balaban J connectivity index is 2.53. The van der Waals surface area contributed by atoms with Gasteiger partial charge in [0.1, 0.15) is 0 Å². The summed E-state index contributed by atoms with van der Waals surface area (Å²) in [5.74, 6) is 0. The molecule has 2 aliphatic rings. The van der Waals surface area contributed by atoms with E-state index in [2.05, 4.69) is 0 Å². The molecule has 0 heterocycles. The maximum absolute atomic E-state index is 10.5. The van der Waals surface area contributed by atoms with Gasteiger partial charge in [-0.3, -0.25) is 4.79 Å². The third-order valence-electron chi connectivity index (χ3n) is 1.46. The van der Waals surface area contributed by atoms with Crippen molar-refractivity contribution in [1.29, 1.82) is 0 Å². The van der Waals surface area contributed by atoms with E-state index in [1.165, 1.54) is 0 Å². The van der Waals surface area contributed by atoms with Gasteiger partial charge in [-0.15, -0.1) is 0 Å². The first-order chi connectivity index (χ1) is 4.29. The Morgan fingerprint density at radius 2 is 2.22 bits per heavy atom. The van der Waals surface area contributed by atoms with E-state index >= 15 is 0 Å². The van der Waals surface area contributed by atoms with Crippen LogP contribution in [0.15, 0.2) is 18.2 Å². The van der Waals surface area contributed by atoms with Gasteiger partial charge < -0.3 is 0 Å². The Bertz CT molecular complexity index is 291. The van der Waals surface area contributed by atoms with Crippen molar-refractivity contribution in [3.63, 3.8) is 0 Å². The summed E-state index contributed by atoms with van der Waals surface area (Å²) in [6, 6.07) is 5.58. The minimum Gasteiger partial charge on any atom is -0.276 e. The number of carbonyl (C=O) groups is 1. The van der Waals surface area contributed by atoms with Crippen LogP contribution in [0.1, 0.15) is 10.4 Å². The van der Waals surface area contributed by atoms with Crippen LogP contribution in [0.4, 0.5) is 0 Å². The number of carbonyl (C=O) groups excluding carboxylic acids is 1. The average molecular weight is 139 g/mol. The van der Waals surface area contributed by atoms with Gasteiger partial charge in [0.25, 0.3) is 5.24 Å². The van der Waals surface area contributed by atoms with E-state index in [1.807, 2.05) is 12.1 Å². The molecule has 0 N–H and O–H groups in total. The predicted molar refractivity (Wildman–Crippen MR) is 35.6 cm³/mol. The molecular weight excluding hydrogens is 136 g/mol. The van der Waals surface area contributed by atoms with Gasteiger partial charge >= 0.3 is 0 Å². The lowest BCUT2D eigenvalue weighted by Gasteiger charge is -1.80. The molecule has 0 fully saturated rings. The van der Waals surface area contributed by atoms with E-state index in [1.54, 1.807) is 6.07 Å². The van der Waals surface area contributed by atoms with Crippen LogP contribution in [0.3, 0.4) is 0 Å². The smallest absolute Gasteiger partial charge is 0.253 e. The van der Waals surface area contributed by atoms with Gasteiger partial charge in [0.05, 0.1) is 0 Å². The van der Waals surface area contributed by atoms with Crippen molar-refractivity contribution in [2.24, 2.45) is 0 Å². The first kappa shape index (κ1) is 5.00. The van der Waals surface area contributed by atoms with Crippen molar-refractivity contribution in [3.8, 4) is 11.1 Å². The molecule has 0 aromatic carbocycles. The first-order valence-electron chi connectivity index (χ1n) is 2.63. The number of benzene rings is 1. The molecule has 2 heteroatoms. The fraction of sp³-hybridized carbons (Fsp3) is 0. The SMILES string of the molecule is O=C(Cl)c1ccc2cc1-2. The second-order valence-electron chi connectivity index (χ2n) is 2.03. The van der Waals surface area contributed by atoms with Crippen molar-refractivity contribution in [3.05, 3.63) is 23.8 Å². The van der Waals surface area contributed by atoms with Crippen LogP contribution in [-0.2, 0) is 0 Å². The molecule has 2 rings (SSSR count). The summed E-state index contributed by atoms with van der Waals surface area (Å²) in [6.07, 6.45) is 0. The van der Waals surface area contributed by atoms with Gasteiger partial charge in [-0.2, -0.15) is 0 Å². The molecular formula is C7H3ClO. The van der Waals surface area contributed by atoms with E-state index in [9.17, 15) is 4.79 Å². The summed E-state index contributed by atoms with van der Waals surface area (Å²) in [5, 5.41) is -0.356. The standard InChI is InChI=1S/C7H3ClO/c8-7(9)5-2-1-4-3-6(4)5/h1-3H. The van der Waals surface area contributed by atoms with Gasteiger partial charge in [-0.25, -0.2) is 0 Å². The van der Waals surface area contributed by atoms with Crippen molar-refractivity contribution in [1.82, 2.24) is 0 Å². The zero-order valence-corrected chi connectivity index (χ0v) is 5.27. The van der Waals surface area contributed by atoms with E-state index in [4.69, 9.17) is 11.6 Å². The Hall–Kier alpha value is -0.820. The summed E-state index contributed by atoms with van der Waals surface area (Å²) in [4.78, 5) is 10.5. The number of hydrogen-bond donors (Lipinski definition) is 0. The highest BCUT2D eigenvalue weighted by Gasteiger charge is 2.20. The number of hydrogen-bond acceptors (Lipinski definition) is 1. The molecule has 44 valence electrons. The second-order valence-corrected chi connectivity index (χ2v) is 2.38. The highest BCUT2D eigenvalue weighted by molar-refractivity contribution is 6.68. The third-order valence-corrected chi connectivity index (χ3v) is 1.66. The van der Waals surface area contributed by atoms with Crippen LogP contribution >= 0.6 is 11.6 Å². The van der Waals surface area contributed by atoms with Crippen LogP contribution in [0.5, 0.6) is 0 Å². The largest absolute Gasteiger partial charge is 0.276 e. The molecule has 0 bridgehead atoms. The molecule has 0 amide bonds. The summed E-state index contributed by atoms with van der Waals surface area (Å²) < 4.78 is 0. The molecule has 0 saturated carbocycles. The molecule has 0 radical (unpaired) electrons. The molecule has 0 atom stereocenters. The van der Waals surface area contributed by atoms with E-state index in [0.29, 0.717) is 5.56 Å². The summed E-state index contributed by atoms with van der Waals surface area (Å²) in [5.41, 5.74) is 2.82. The molecule has 0 aromatic rings. The molecule has 0 spiro atoms. The Morgan fingerprint density at radius 3 is 2.44 bits per heavy atom. The van der Waals surface area contributed by atoms with Crippen LogP contribution in [0.2, 0.25) is 0 Å². The maximum Gasteiger partial charge on any atom is 0.253 e.